The van der Waals surface area contributed by atoms with Crippen LogP contribution in [0.15, 0.2) is 22.7 Å². The number of carbonyl (C=O) groups excluding carboxylic acids is 1. The van der Waals surface area contributed by atoms with Crippen molar-refractivity contribution in [2.45, 2.75) is 13.0 Å². The van der Waals surface area contributed by atoms with E-state index in [4.69, 9.17) is 10.5 Å². The lowest BCUT2D eigenvalue weighted by atomic mass is 10.1. The van der Waals surface area contributed by atoms with Gasteiger partial charge in [0.25, 0.3) is 0 Å². The predicted molar refractivity (Wildman–Crippen MR) is 79.2 cm³/mol. The Morgan fingerprint density at radius 2 is 2.42 bits per heavy atom. The average molecular weight is 328 g/mol. The van der Waals surface area contributed by atoms with E-state index in [2.05, 4.69) is 26.1 Å². The van der Waals surface area contributed by atoms with Crippen molar-refractivity contribution >= 4 is 33.2 Å². The Kier molecular flexibility index (Phi) is 4.66. The Labute approximate surface area is 121 Å². The van der Waals surface area contributed by atoms with Crippen LogP contribution in [0.25, 0.3) is 0 Å². The molecule has 1 aliphatic heterocycles. The topological polar surface area (TPSA) is 67.6 Å². The molecule has 0 aromatic heterocycles. The van der Waals surface area contributed by atoms with E-state index in [1.165, 1.54) is 0 Å². The van der Waals surface area contributed by atoms with Gasteiger partial charge in [-0.05, 0) is 41.1 Å². The van der Waals surface area contributed by atoms with Crippen molar-refractivity contribution in [3.8, 4) is 0 Å². The highest BCUT2D eigenvalue weighted by atomic mass is 79.9. The molecule has 1 aromatic carbocycles. The zero-order valence-electron chi connectivity index (χ0n) is 10.9. The lowest BCUT2D eigenvalue weighted by molar-refractivity contribution is -0.124. The molecule has 19 heavy (non-hydrogen) atoms. The molecule has 1 aliphatic rings. The molecule has 0 radical (unpaired) electrons. The Morgan fingerprint density at radius 3 is 3.11 bits per heavy atom. The first-order chi connectivity index (χ1) is 9.13. The Balaban J connectivity index is 2.26. The molecule has 0 saturated carbocycles. The molecule has 1 fully saturated rings. The van der Waals surface area contributed by atoms with Gasteiger partial charge in [0, 0.05) is 23.2 Å². The predicted octanol–water partition coefficient (Wildman–Crippen LogP) is 1.37. The SMILES string of the molecule is CCNC(=O)C1COCCN1c1ccc(N)cc1Br. The van der Waals surface area contributed by atoms with Gasteiger partial charge >= 0.3 is 0 Å². The van der Waals surface area contributed by atoms with Crippen molar-refractivity contribution in [3.63, 3.8) is 0 Å². The van der Waals surface area contributed by atoms with Crippen LogP contribution in [0.5, 0.6) is 0 Å². The number of nitrogen functional groups attached to an aromatic ring is 1. The molecular formula is C13H18BrN3O2. The van der Waals surface area contributed by atoms with Gasteiger partial charge in [-0.25, -0.2) is 0 Å². The van der Waals surface area contributed by atoms with Gasteiger partial charge in [-0.2, -0.15) is 0 Å². The summed E-state index contributed by atoms with van der Waals surface area (Å²) in [5, 5.41) is 2.85. The van der Waals surface area contributed by atoms with Gasteiger partial charge in [-0.15, -0.1) is 0 Å². The van der Waals surface area contributed by atoms with E-state index in [0.29, 0.717) is 32.0 Å². The number of benzene rings is 1. The molecular weight excluding hydrogens is 310 g/mol. The second-order valence-electron chi connectivity index (χ2n) is 4.39. The molecule has 0 bridgehead atoms. The molecule has 0 spiro atoms. The average Bonchev–Trinajstić information content (AvgIpc) is 2.39. The van der Waals surface area contributed by atoms with Crippen molar-refractivity contribution < 1.29 is 9.53 Å². The molecule has 1 heterocycles. The van der Waals surface area contributed by atoms with Crippen LogP contribution in [0.1, 0.15) is 6.92 Å². The molecule has 3 N–H and O–H groups in total. The minimum atomic E-state index is -0.298. The van der Waals surface area contributed by atoms with Gasteiger partial charge in [-0.3, -0.25) is 4.79 Å². The summed E-state index contributed by atoms with van der Waals surface area (Å²) in [6.07, 6.45) is 0. The van der Waals surface area contributed by atoms with E-state index >= 15 is 0 Å². The Hall–Kier alpha value is -1.27. The first kappa shape index (κ1) is 14.1. The van der Waals surface area contributed by atoms with Gasteiger partial charge < -0.3 is 20.7 Å². The second kappa shape index (κ2) is 6.25. The number of hydrogen-bond acceptors (Lipinski definition) is 4. The fourth-order valence-corrected chi connectivity index (χ4v) is 2.78. The van der Waals surface area contributed by atoms with Crippen LogP contribution >= 0.6 is 15.9 Å². The summed E-state index contributed by atoms with van der Waals surface area (Å²) in [6, 6.07) is 5.31. The van der Waals surface area contributed by atoms with E-state index in [0.717, 1.165) is 10.2 Å². The van der Waals surface area contributed by atoms with Crippen LogP contribution in [-0.2, 0) is 9.53 Å². The van der Waals surface area contributed by atoms with Gasteiger partial charge in [0.2, 0.25) is 5.91 Å². The number of hydrogen-bond donors (Lipinski definition) is 2. The lowest BCUT2D eigenvalue weighted by Gasteiger charge is -2.36. The number of ether oxygens (including phenoxy) is 1. The molecule has 1 saturated heterocycles. The highest BCUT2D eigenvalue weighted by molar-refractivity contribution is 9.10. The number of halogens is 1. The number of nitrogens with one attached hydrogen (secondary N) is 1. The second-order valence-corrected chi connectivity index (χ2v) is 5.24. The first-order valence-corrected chi connectivity index (χ1v) is 7.10. The third kappa shape index (κ3) is 3.19. The fourth-order valence-electron chi connectivity index (χ4n) is 2.16. The standard InChI is InChI=1S/C13H18BrN3O2/c1-2-16-13(18)12-8-19-6-5-17(12)11-4-3-9(15)7-10(11)14/h3-4,7,12H,2,5-6,8,15H2,1H3,(H,16,18). The maximum atomic E-state index is 12.1. The van der Waals surface area contributed by atoms with E-state index < -0.39 is 0 Å². The molecule has 1 aromatic rings. The molecule has 104 valence electrons. The van der Waals surface area contributed by atoms with E-state index in [9.17, 15) is 4.79 Å². The normalized spacial score (nSPS) is 19.3. The van der Waals surface area contributed by atoms with Crippen LogP contribution in [0, 0.1) is 0 Å². The van der Waals surface area contributed by atoms with E-state index in [1.54, 1.807) is 0 Å². The van der Waals surface area contributed by atoms with Crippen LogP contribution in [0.2, 0.25) is 0 Å². The van der Waals surface area contributed by atoms with Crippen LogP contribution < -0.4 is 16.0 Å². The number of morpholine rings is 1. The molecule has 2 rings (SSSR count). The maximum Gasteiger partial charge on any atom is 0.245 e. The maximum absolute atomic E-state index is 12.1. The number of rotatable bonds is 3. The number of anilines is 2. The monoisotopic (exact) mass is 327 g/mol. The molecule has 5 nitrogen and oxygen atoms in total. The van der Waals surface area contributed by atoms with E-state index in [1.807, 2.05) is 25.1 Å². The number of likely N-dealkylation sites (N-methyl/N-ethyl adjacent to an activating group) is 1. The lowest BCUT2D eigenvalue weighted by Crippen LogP contribution is -2.54. The van der Waals surface area contributed by atoms with Crippen molar-refractivity contribution in [1.29, 1.82) is 0 Å². The molecule has 1 unspecified atom stereocenters. The van der Waals surface area contributed by atoms with Gasteiger partial charge in [0.05, 0.1) is 18.9 Å². The smallest absolute Gasteiger partial charge is 0.245 e. The molecule has 6 heteroatoms. The summed E-state index contributed by atoms with van der Waals surface area (Å²) in [5.41, 5.74) is 7.41. The van der Waals surface area contributed by atoms with Gasteiger partial charge in [0.1, 0.15) is 6.04 Å². The summed E-state index contributed by atoms with van der Waals surface area (Å²) in [7, 11) is 0. The van der Waals surface area contributed by atoms with Crippen LogP contribution in [-0.4, -0.2) is 38.3 Å². The van der Waals surface area contributed by atoms with Crippen LogP contribution in [0.3, 0.4) is 0 Å². The Morgan fingerprint density at radius 1 is 1.63 bits per heavy atom. The van der Waals surface area contributed by atoms with Crippen LogP contribution in [0.4, 0.5) is 11.4 Å². The van der Waals surface area contributed by atoms with Crippen molar-refractivity contribution in [2.75, 3.05) is 36.9 Å². The Bertz CT molecular complexity index is 467. The minimum Gasteiger partial charge on any atom is -0.399 e. The third-order valence-electron chi connectivity index (χ3n) is 3.06. The zero-order valence-corrected chi connectivity index (χ0v) is 12.4. The quantitative estimate of drug-likeness (QED) is 0.823. The number of nitrogens with zero attached hydrogens (tertiary/aromatic N) is 1. The molecule has 1 atom stereocenters. The molecule has 1 amide bonds. The fraction of sp³-hybridized carbons (Fsp3) is 0.462. The highest BCUT2D eigenvalue weighted by Gasteiger charge is 2.30. The van der Waals surface area contributed by atoms with Crippen molar-refractivity contribution in [2.24, 2.45) is 0 Å². The third-order valence-corrected chi connectivity index (χ3v) is 3.70. The van der Waals surface area contributed by atoms with Crippen molar-refractivity contribution in [1.82, 2.24) is 5.32 Å². The van der Waals surface area contributed by atoms with E-state index in [-0.39, 0.29) is 11.9 Å². The summed E-state index contributed by atoms with van der Waals surface area (Å²) < 4.78 is 6.31. The summed E-state index contributed by atoms with van der Waals surface area (Å²) in [4.78, 5) is 14.1. The zero-order chi connectivity index (χ0) is 13.8. The summed E-state index contributed by atoms with van der Waals surface area (Å²) in [6.45, 7) is 4.23. The van der Waals surface area contributed by atoms with Crippen molar-refractivity contribution in [3.05, 3.63) is 22.7 Å². The number of amides is 1. The van der Waals surface area contributed by atoms with Gasteiger partial charge in [-0.1, -0.05) is 0 Å². The summed E-state index contributed by atoms with van der Waals surface area (Å²) in [5.74, 6) is -0.00840. The first-order valence-electron chi connectivity index (χ1n) is 6.30. The van der Waals surface area contributed by atoms with Gasteiger partial charge in [0.15, 0.2) is 0 Å². The summed E-state index contributed by atoms with van der Waals surface area (Å²) >= 11 is 3.50. The minimum absolute atomic E-state index is 0.00840. The largest absolute Gasteiger partial charge is 0.399 e. The number of nitrogens with two attached hydrogens (primary N) is 1. The highest BCUT2D eigenvalue weighted by Crippen LogP contribution is 2.30. The molecule has 0 aliphatic carbocycles. The number of carbonyl (C=O) groups is 1.